The molecular formula is C12H13F3N2O4. The summed E-state index contributed by atoms with van der Waals surface area (Å²) in [7, 11) is 1.39. The molecule has 0 heterocycles. The van der Waals surface area contributed by atoms with Gasteiger partial charge in [-0.2, -0.15) is 13.2 Å². The first-order valence-corrected chi connectivity index (χ1v) is 5.89. The van der Waals surface area contributed by atoms with Gasteiger partial charge < -0.3 is 9.64 Å². The Balaban J connectivity index is 3.11. The molecule has 9 heteroatoms. The Morgan fingerprint density at radius 3 is 2.52 bits per heavy atom. The van der Waals surface area contributed by atoms with Crippen molar-refractivity contribution in [2.24, 2.45) is 0 Å². The third-order valence-electron chi connectivity index (χ3n) is 2.59. The van der Waals surface area contributed by atoms with E-state index in [9.17, 15) is 28.1 Å². The van der Waals surface area contributed by atoms with Gasteiger partial charge in [0.1, 0.15) is 12.1 Å². The lowest BCUT2D eigenvalue weighted by Crippen LogP contribution is -2.27. The van der Waals surface area contributed by atoms with Crippen LogP contribution in [0.3, 0.4) is 0 Å². The minimum Gasteiger partial charge on any atom is -0.465 e. The fraction of sp³-hybridized carbons (Fsp3) is 0.417. The van der Waals surface area contributed by atoms with Crippen molar-refractivity contribution in [1.29, 1.82) is 0 Å². The van der Waals surface area contributed by atoms with E-state index in [2.05, 4.69) is 4.74 Å². The lowest BCUT2D eigenvalue weighted by molar-refractivity contribution is -0.388. The zero-order chi connectivity index (χ0) is 16.2. The van der Waals surface area contributed by atoms with E-state index in [4.69, 9.17) is 0 Å². The molecular weight excluding hydrogens is 293 g/mol. The van der Waals surface area contributed by atoms with Gasteiger partial charge in [-0.15, -0.1) is 0 Å². The average Bonchev–Trinajstić information content (AvgIpc) is 2.37. The molecule has 1 aromatic rings. The maximum Gasteiger partial charge on any atom is 0.423 e. The number of rotatable bonds is 5. The Labute approximate surface area is 118 Å². The molecule has 0 aromatic heterocycles. The molecule has 0 bridgehead atoms. The molecule has 1 aromatic carbocycles. The number of likely N-dealkylation sites (N-methyl/N-ethyl adjacent to an activating group) is 1. The highest BCUT2D eigenvalue weighted by atomic mass is 19.4. The molecule has 0 radical (unpaired) electrons. The zero-order valence-electron chi connectivity index (χ0n) is 11.3. The second-order valence-electron chi connectivity index (χ2n) is 4.12. The molecule has 0 unspecified atom stereocenters. The Morgan fingerprint density at radius 1 is 1.43 bits per heavy atom. The first-order valence-electron chi connectivity index (χ1n) is 5.89. The van der Waals surface area contributed by atoms with E-state index >= 15 is 0 Å². The maximum atomic E-state index is 12.8. The first kappa shape index (κ1) is 16.7. The molecule has 21 heavy (non-hydrogen) atoms. The van der Waals surface area contributed by atoms with Crippen LogP contribution in [-0.4, -0.2) is 31.1 Å². The summed E-state index contributed by atoms with van der Waals surface area (Å²) in [5.41, 5.74) is -2.36. The summed E-state index contributed by atoms with van der Waals surface area (Å²) in [5.74, 6) is -0.605. The fourth-order valence-electron chi connectivity index (χ4n) is 1.64. The van der Waals surface area contributed by atoms with Crippen LogP contribution in [0.5, 0.6) is 0 Å². The number of carbonyl (C=O) groups is 1. The number of hydrogen-bond acceptors (Lipinski definition) is 5. The number of ether oxygens (including phenoxy) is 1. The van der Waals surface area contributed by atoms with Crippen molar-refractivity contribution < 1.29 is 27.6 Å². The largest absolute Gasteiger partial charge is 0.465 e. The average molecular weight is 306 g/mol. The minimum absolute atomic E-state index is 0.0287. The number of nitrogens with zero attached hydrogens (tertiary/aromatic N) is 2. The van der Waals surface area contributed by atoms with E-state index < -0.39 is 28.3 Å². The lowest BCUT2D eigenvalue weighted by Gasteiger charge is -2.19. The Morgan fingerprint density at radius 2 is 2.05 bits per heavy atom. The number of halogens is 3. The smallest absolute Gasteiger partial charge is 0.423 e. The van der Waals surface area contributed by atoms with Crippen LogP contribution in [0.1, 0.15) is 12.5 Å². The molecule has 0 amide bonds. The van der Waals surface area contributed by atoms with Crippen molar-refractivity contribution in [3.63, 3.8) is 0 Å². The molecule has 116 valence electrons. The monoisotopic (exact) mass is 306 g/mol. The van der Waals surface area contributed by atoms with Crippen molar-refractivity contribution in [2.45, 2.75) is 13.1 Å². The van der Waals surface area contributed by atoms with Gasteiger partial charge in [0.2, 0.25) is 0 Å². The predicted octanol–water partition coefficient (Wildman–Crippen LogP) is 2.61. The molecule has 0 fully saturated rings. The summed E-state index contributed by atoms with van der Waals surface area (Å²) in [4.78, 5) is 22.0. The van der Waals surface area contributed by atoms with Gasteiger partial charge in [0, 0.05) is 18.8 Å². The number of carbonyl (C=O) groups excluding carboxylic acids is 1. The number of nitro groups is 1. The van der Waals surface area contributed by atoms with Crippen LogP contribution in [0.15, 0.2) is 18.2 Å². The van der Waals surface area contributed by atoms with Crippen LogP contribution in [0.4, 0.5) is 24.5 Å². The van der Waals surface area contributed by atoms with E-state index in [0.29, 0.717) is 6.07 Å². The van der Waals surface area contributed by atoms with E-state index in [1.807, 2.05) is 0 Å². The van der Waals surface area contributed by atoms with Crippen molar-refractivity contribution in [2.75, 3.05) is 25.1 Å². The normalized spacial score (nSPS) is 11.1. The van der Waals surface area contributed by atoms with E-state index in [-0.39, 0.29) is 18.8 Å². The fourth-order valence-corrected chi connectivity index (χ4v) is 1.64. The molecule has 0 spiro atoms. The number of nitro benzene ring substituents is 1. The van der Waals surface area contributed by atoms with Crippen LogP contribution in [0.2, 0.25) is 0 Å². The minimum atomic E-state index is -4.86. The summed E-state index contributed by atoms with van der Waals surface area (Å²) in [6, 6.07) is 2.55. The summed E-state index contributed by atoms with van der Waals surface area (Å²) < 4.78 is 43.1. The number of benzene rings is 1. The molecule has 0 aliphatic carbocycles. The second kappa shape index (κ2) is 6.42. The Kier molecular flexibility index (Phi) is 5.12. The molecule has 0 saturated carbocycles. The van der Waals surface area contributed by atoms with E-state index in [0.717, 1.165) is 12.1 Å². The number of esters is 1. The van der Waals surface area contributed by atoms with Gasteiger partial charge in [0.25, 0.3) is 5.69 Å². The van der Waals surface area contributed by atoms with Crippen LogP contribution >= 0.6 is 0 Å². The predicted molar refractivity (Wildman–Crippen MR) is 68.0 cm³/mol. The van der Waals surface area contributed by atoms with Crippen molar-refractivity contribution >= 4 is 17.3 Å². The van der Waals surface area contributed by atoms with Crippen LogP contribution in [0, 0.1) is 10.1 Å². The molecule has 6 nitrogen and oxygen atoms in total. The summed E-state index contributed by atoms with van der Waals surface area (Å²) in [6.07, 6.45) is -4.86. The highest BCUT2D eigenvalue weighted by molar-refractivity contribution is 5.76. The highest BCUT2D eigenvalue weighted by Crippen LogP contribution is 2.38. The van der Waals surface area contributed by atoms with Crippen LogP contribution in [-0.2, 0) is 15.7 Å². The van der Waals surface area contributed by atoms with Gasteiger partial charge in [-0.05, 0) is 19.1 Å². The summed E-state index contributed by atoms with van der Waals surface area (Å²) in [5, 5.41) is 10.6. The van der Waals surface area contributed by atoms with Gasteiger partial charge in [-0.3, -0.25) is 14.9 Å². The lowest BCUT2D eigenvalue weighted by atomic mass is 10.1. The van der Waals surface area contributed by atoms with Crippen LogP contribution < -0.4 is 4.90 Å². The quantitative estimate of drug-likeness (QED) is 0.475. The maximum absolute atomic E-state index is 12.8. The van der Waals surface area contributed by atoms with Gasteiger partial charge in [0.15, 0.2) is 0 Å². The van der Waals surface area contributed by atoms with Crippen LogP contribution in [0.25, 0.3) is 0 Å². The standard InChI is InChI=1S/C12H13F3N2O4/c1-3-21-11(18)7-16(2)8-4-5-10(17(19)20)9(6-8)12(13,14)15/h4-6H,3,7H2,1-2H3. The SMILES string of the molecule is CCOC(=O)CN(C)c1ccc([N+](=O)[O-])c(C(F)(F)F)c1. The van der Waals surface area contributed by atoms with Gasteiger partial charge in [-0.1, -0.05) is 0 Å². The third-order valence-corrected chi connectivity index (χ3v) is 2.59. The Bertz CT molecular complexity index is 546. The van der Waals surface area contributed by atoms with E-state index in [1.54, 1.807) is 6.92 Å². The van der Waals surface area contributed by atoms with Gasteiger partial charge in [-0.25, -0.2) is 0 Å². The molecule has 0 aliphatic rings. The molecule has 0 N–H and O–H groups in total. The summed E-state index contributed by atoms with van der Waals surface area (Å²) >= 11 is 0. The number of anilines is 1. The van der Waals surface area contributed by atoms with Gasteiger partial charge >= 0.3 is 12.1 Å². The Hall–Kier alpha value is -2.32. The summed E-state index contributed by atoms with van der Waals surface area (Å²) in [6.45, 7) is 1.50. The zero-order valence-corrected chi connectivity index (χ0v) is 11.3. The third kappa shape index (κ3) is 4.33. The second-order valence-corrected chi connectivity index (χ2v) is 4.12. The van der Waals surface area contributed by atoms with Crippen molar-refractivity contribution in [1.82, 2.24) is 0 Å². The van der Waals surface area contributed by atoms with Gasteiger partial charge in [0.05, 0.1) is 11.5 Å². The number of alkyl halides is 3. The first-order chi connectivity index (χ1) is 9.66. The van der Waals surface area contributed by atoms with Crippen molar-refractivity contribution in [3.05, 3.63) is 33.9 Å². The van der Waals surface area contributed by atoms with E-state index in [1.165, 1.54) is 11.9 Å². The van der Waals surface area contributed by atoms with Crippen molar-refractivity contribution in [3.8, 4) is 0 Å². The topological polar surface area (TPSA) is 72.7 Å². The molecule has 1 rings (SSSR count). The molecule has 0 atom stereocenters. The molecule has 0 saturated heterocycles. The highest BCUT2D eigenvalue weighted by Gasteiger charge is 2.38. The number of hydrogen-bond donors (Lipinski definition) is 0. The molecule has 0 aliphatic heterocycles.